The molecular weight excluding hydrogens is 947 g/mol. The molecule has 0 aromatic heterocycles. The molecule has 1 rings (SSSR count). The lowest BCUT2D eigenvalue weighted by molar-refractivity contribution is -0.302. The molecule has 0 bridgehead atoms. The van der Waals surface area contributed by atoms with Crippen LogP contribution >= 0.6 is 0 Å². The first kappa shape index (κ1) is 72.4. The first-order chi connectivity index (χ1) is 37.3. The minimum absolute atomic E-state index is 0.185. The third-order valence-electron chi connectivity index (χ3n) is 15.9. The smallest absolute Gasteiger partial charge is 0.220 e. The van der Waals surface area contributed by atoms with Crippen LogP contribution in [0, 0.1) is 0 Å². The number of aliphatic hydroxyl groups excluding tert-OH is 5. The van der Waals surface area contributed by atoms with Gasteiger partial charge >= 0.3 is 0 Å². The van der Waals surface area contributed by atoms with Crippen LogP contribution in [0.2, 0.25) is 0 Å². The van der Waals surface area contributed by atoms with E-state index in [1.807, 2.05) is 6.08 Å². The third kappa shape index (κ3) is 45.2. The lowest BCUT2D eigenvalue weighted by atomic mass is 9.99. The Hall–Kier alpha value is -1.59. The van der Waals surface area contributed by atoms with E-state index >= 15 is 0 Å². The van der Waals surface area contributed by atoms with Crippen LogP contribution in [0.15, 0.2) is 36.5 Å². The number of rotatable bonds is 58. The molecule has 0 spiro atoms. The molecular formula is C67H127NO8. The lowest BCUT2D eigenvalue weighted by Crippen LogP contribution is -2.60. The fourth-order valence-corrected chi connectivity index (χ4v) is 10.7. The Morgan fingerprint density at radius 3 is 1.11 bits per heavy atom. The summed E-state index contributed by atoms with van der Waals surface area (Å²) in [5.74, 6) is -0.185. The first-order valence-corrected chi connectivity index (χ1v) is 33.2. The van der Waals surface area contributed by atoms with Gasteiger partial charge in [0.2, 0.25) is 5.91 Å². The summed E-state index contributed by atoms with van der Waals surface area (Å²) in [5, 5.41) is 54.6. The highest BCUT2D eigenvalue weighted by atomic mass is 16.7. The van der Waals surface area contributed by atoms with Crippen molar-refractivity contribution >= 4 is 5.91 Å². The van der Waals surface area contributed by atoms with E-state index in [9.17, 15) is 30.3 Å². The Morgan fingerprint density at radius 1 is 0.434 bits per heavy atom. The average molecular weight is 1070 g/mol. The zero-order chi connectivity index (χ0) is 55.0. The van der Waals surface area contributed by atoms with Gasteiger partial charge in [0.05, 0.1) is 25.4 Å². The van der Waals surface area contributed by atoms with Gasteiger partial charge in [-0.15, -0.1) is 0 Å². The standard InChI is InChI=1S/C67H127NO8/c1-3-5-7-9-11-13-15-17-19-21-23-25-26-27-28-29-30-31-32-33-34-35-37-38-40-42-44-46-48-50-52-54-56-61(70)60(59-75-67-66(74)65(73)64(72)62(58-69)76-67)68-63(71)57-55-53-51-49-47-45-43-41-39-36-24-22-20-18-16-14-12-10-8-6-4-2/h22,24,46,48,54,56,60-62,64-67,69-70,72-74H,3-21,23,25-45,47,49-53,55,57-59H2,1-2H3,(H,68,71)/b24-22-,48-46+,56-54+. The van der Waals surface area contributed by atoms with Crippen LogP contribution < -0.4 is 5.32 Å². The van der Waals surface area contributed by atoms with E-state index in [0.29, 0.717) is 6.42 Å². The van der Waals surface area contributed by atoms with Crippen LogP contribution in [0.1, 0.15) is 328 Å². The van der Waals surface area contributed by atoms with Crippen molar-refractivity contribution in [2.24, 2.45) is 0 Å². The maximum Gasteiger partial charge on any atom is 0.220 e. The van der Waals surface area contributed by atoms with E-state index in [4.69, 9.17) is 9.47 Å². The Balaban J connectivity index is 2.16. The number of ether oxygens (including phenoxy) is 2. The van der Waals surface area contributed by atoms with Gasteiger partial charge in [0, 0.05) is 6.42 Å². The predicted molar refractivity (Wildman–Crippen MR) is 323 cm³/mol. The largest absolute Gasteiger partial charge is 0.394 e. The van der Waals surface area contributed by atoms with Crippen LogP contribution in [-0.4, -0.2) is 87.5 Å². The molecule has 9 nitrogen and oxygen atoms in total. The summed E-state index contributed by atoms with van der Waals surface area (Å²) in [4.78, 5) is 13.1. The zero-order valence-electron chi connectivity index (χ0n) is 50.0. The highest BCUT2D eigenvalue weighted by molar-refractivity contribution is 5.76. The molecule has 0 saturated carbocycles. The minimum atomic E-state index is -1.57. The summed E-state index contributed by atoms with van der Waals surface area (Å²) in [6.07, 6.45) is 68.2. The second-order valence-electron chi connectivity index (χ2n) is 23.3. The normalized spacial score (nSPS) is 19.0. The van der Waals surface area contributed by atoms with E-state index in [-0.39, 0.29) is 12.5 Å². The molecule has 1 fully saturated rings. The Labute approximate surface area is 470 Å². The number of nitrogens with one attached hydrogen (secondary N) is 1. The minimum Gasteiger partial charge on any atom is -0.394 e. The summed E-state index contributed by atoms with van der Waals surface area (Å²) in [6.45, 7) is 3.81. The van der Waals surface area contributed by atoms with Gasteiger partial charge in [-0.1, -0.05) is 301 Å². The zero-order valence-corrected chi connectivity index (χ0v) is 50.0. The van der Waals surface area contributed by atoms with Crippen LogP contribution in [-0.2, 0) is 14.3 Å². The van der Waals surface area contributed by atoms with Gasteiger partial charge in [-0.25, -0.2) is 0 Å². The van der Waals surface area contributed by atoms with Crippen molar-refractivity contribution in [1.82, 2.24) is 5.32 Å². The molecule has 1 heterocycles. The molecule has 7 atom stereocenters. The summed E-state index contributed by atoms with van der Waals surface area (Å²) < 4.78 is 11.3. The number of hydrogen-bond acceptors (Lipinski definition) is 8. The molecule has 1 aliphatic rings. The monoisotopic (exact) mass is 1070 g/mol. The molecule has 0 aromatic carbocycles. The highest BCUT2D eigenvalue weighted by Gasteiger charge is 2.44. The van der Waals surface area contributed by atoms with Gasteiger partial charge in [-0.3, -0.25) is 4.79 Å². The van der Waals surface area contributed by atoms with Gasteiger partial charge in [0.15, 0.2) is 6.29 Å². The van der Waals surface area contributed by atoms with Crippen LogP contribution in [0.5, 0.6) is 0 Å². The highest BCUT2D eigenvalue weighted by Crippen LogP contribution is 2.23. The number of aliphatic hydroxyl groups is 5. The SMILES string of the molecule is CCCCCCCCCC/C=C\CCCCCCCCCCCC(=O)NC(COC1OC(CO)C(O)C(O)C1O)C(O)/C=C/CC/C=C/CCCCCCCCCCCCCCCCCCCCCCCCCCCC. The first-order valence-electron chi connectivity index (χ1n) is 33.2. The molecule has 76 heavy (non-hydrogen) atoms. The number of unbranched alkanes of at least 4 members (excludes halogenated alkanes) is 44. The van der Waals surface area contributed by atoms with Crippen LogP contribution in [0.3, 0.4) is 0 Å². The molecule has 9 heteroatoms. The van der Waals surface area contributed by atoms with Crippen LogP contribution in [0.4, 0.5) is 0 Å². The molecule has 7 unspecified atom stereocenters. The third-order valence-corrected chi connectivity index (χ3v) is 15.9. The maximum absolute atomic E-state index is 13.1. The van der Waals surface area contributed by atoms with E-state index in [1.54, 1.807) is 6.08 Å². The second-order valence-corrected chi connectivity index (χ2v) is 23.3. The Kier molecular flexibility index (Phi) is 54.0. The Morgan fingerprint density at radius 2 is 0.750 bits per heavy atom. The van der Waals surface area contributed by atoms with Gasteiger partial charge in [0.25, 0.3) is 0 Å². The number of allylic oxidation sites excluding steroid dienone is 5. The molecule has 1 amide bonds. The quantitative estimate of drug-likeness (QED) is 0.0261. The van der Waals surface area contributed by atoms with Crippen molar-refractivity contribution in [3.05, 3.63) is 36.5 Å². The fourth-order valence-electron chi connectivity index (χ4n) is 10.7. The van der Waals surface area contributed by atoms with Crippen molar-refractivity contribution in [2.75, 3.05) is 13.2 Å². The molecule has 448 valence electrons. The summed E-state index contributed by atoms with van der Waals surface area (Å²) in [7, 11) is 0. The molecule has 0 radical (unpaired) electrons. The van der Waals surface area contributed by atoms with E-state index in [1.165, 1.54) is 270 Å². The van der Waals surface area contributed by atoms with Crippen molar-refractivity contribution < 1.29 is 39.8 Å². The predicted octanol–water partition coefficient (Wildman–Crippen LogP) is 17.5. The molecule has 0 aliphatic carbocycles. The van der Waals surface area contributed by atoms with Gasteiger partial charge < -0.3 is 40.3 Å². The number of amides is 1. The maximum atomic E-state index is 13.1. The van der Waals surface area contributed by atoms with Gasteiger partial charge in [-0.05, 0) is 57.8 Å². The van der Waals surface area contributed by atoms with E-state index in [2.05, 4.69) is 43.5 Å². The van der Waals surface area contributed by atoms with Crippen molar-refractivity contribution in [2.45, 2.75) is 371 Å². The van der Waals surface area contributed by atoms with Gasteiger partial charge in [-0.2, -0.15) is 0 Å². The topological polar surface area (TPSA) is 149 Å². The molecule has 1 aliphatic heterocycles. The lowest BCUT2D eigenvalue weighted by Gasteiger charge is -2.40. The second kappa shape index (κ2) is 56.7. The van der Waals surface area contributed by atoms with E-state index in [0.717, 1.165) is 38.5 Å². The van der Waals surface area contributed by atoms with Crippen molar-refractivity contribution in [3.8, 4) is 0 Å². The number of hydrogen-bond donors (Lipinski definition) is 6. The van der Waals surface area contributed by atoms with Crippen LogP contribution in [0.25, 0.3) is 0 Å². The summed E-state index contributed by atoms with van der Waals surface area (Å²) >= 11 is 0. The molecule has 6 N–H and O–H groups in total. The van der Waals surface area contributed by atoms with Crippen molar-refractivity contribution in [1.29, 1.82) is 0 Å². The average Bonchev–Trinajstić information content (AvgIpc) is 3.42. The summed E-state index contributed by atoms with van der Waals surface area (Å²) in [6, 6.07) is -0.824. The van der Waals surface area contributed by atoms with Gasteiger partial charge in [0.1, 0.15) is 24.4 Å². The summed E-state index contributed by atoms with van der Waals surface area (Å²) in [5.41, 5.74) is 0. The number of carbonyl (C=O) groups is 1. The fraction of sp³-hybridized carbons (Fsp3) is 0.896. The Bertz CT molecular complexity index is 1290. The van der Waals surface area contributed by atoms with Crippen molar-refractivity contribution in [3.63, 3.8) is 0 Å². The van der Waals surface area contributed by atoms with E-state index < -0.39 is 49.5 Å². The molecule has 0 aromatic rings. The number of carbonyl (C=O) groups excluding carboxylic acids is 1. The molecule has 1 saturated heterocycles.